The van der Waals surface area contributed by atoms with Crippen LogP contribution in [0.3, 0.4) is 0 Å². The monoisotopic (exact) mass is 413 g/mol. The number of para-hydroxylation sites is 1. The zero-order chi connectivity index (χ0) is 22.4. The number of carboxylic acids is 1. The number of ether oxygens (including phenoxy) is 2. The van der Waals surface area contributed by atoms with Gasteiger partial charge in [0.05, 0.1) is 30.0 Å². The summed E-state index contributed by atoms with van der Waals surface area (Å²) in [5, 5.41) is 9.27. The molecule has 0 saturated heterocycles. The average molecular weight is 413 g/mol. The van der Waals surface area contributed by atoms with E-state index >= 15 is 0 Å². The second kappa shape index (κ2) is 9.91. The highest BCUT2D eigenvalue weighted by molar-refractivity contribution is 5.99. The van der Waals surface area contributed by atoms with Crippen molar-refractivity contribution in [2.45, 2.75) is 41.0 Å². The van der Waals surface area contributed by atoms with Gasteiger partial charge in [0.15, 0.2) is 0 Å². The predicted octanol–water partition coefficient (Wildman–Crippen LogP) is 4.06. The fraction of sp³-hybridized carbons (Fsp3) is 0.348. The van der Waals surface area contributed by atoms with Gasteiger partial charge in [-0.3, -0.25) is 0 Å². The normalized spacial score (nSPS) is 14.7. The minimum absolute atomic E-state index is 0.109. The van der Waals surface area contributed by atoms with Crippen molar-refractivity contribution in [3.63, 3.8) is 0 Å². The van der Waals surface area contributed by atoms with Crippen molar-refractivity contribution in [1.82, 2.24) is 0 Å². The lowest BCUT2D eigenvalue weighted by Gasteiger charge is -2.34. The summed E-state index contributed by atoms with van der Waals surface area (Å²) in [7, 11) is 0. The fourth-order valence-corrected chi connectivity index (χ4v) is 3.30. The third-order valence-corrected chi connectivity index (χ3v) is 4.83. The van der Waals surface area contributed by atoms with Crippen LogP contribution in [0.25, 0.3) is 6.08 Å². The summed E-state index contributed by atoms with van der Waals surface area (Å²) in [5.74, 6) is -2.02. The standard InChI is InChI=1S/C23H27NO6/c1-6-29-22(27)18-13-19(23(28)30-7-2)16(5)24(15(18)4)20-11-9-8-10-17(20)12-14(3)21(25)26/h8-12H,6-7,13H2,1-5H3,(H,25,26). The van der Waals surface area contributed by atoms with E-state index in [1.54, 1.807) is 50.8 Å². The SMILES string of the molecule is CCOC(=O)C1=C(C)N(c2ccccc2C=C(C)C(=O)O)C(C)=C(C(=O)OCC)C1. The molecule has 0 unspecified atom stereocenters. The predicted molar refractivity (Wildman–Crippen MR) is 113 cm³/mol. The summed E-state index contributed by atoms with van der Waals surface area (Å²) in [6, 6.07) is 7.20. The van der Waals surface area contributed by atoms with Crippen LogP contribution in [-0.2, 0) is 23.9 Å². The minimum atomic E-state index is -1.03. The van der Waals surface area contributed by atoms with Gasteiger partial charge in [-0.2, -0.15) is 0 Å². The van der Waals surface area contributed by atoms with Crippen molar-refractivity contribution in [3.8, 4) is 0 Å². The molecule has 1 aliphatic heterocycles. The van der Waals surface area contributed by atoms with Crippen molar-refractivity contribution >= 4 is 29.7 Å². The average Bonchev–Trinajstić information content (AvgIpc) is 2.69. The second-order valence-corrected chi connectivity index (χ2v) is 6.77. The van der Waals surface area contributed by atoms with Gasteiger partial charge in [-0.05, 0) is 52.3 Å². The van der Waals surface area contributed by atoms with E-state index in [0.717, 1.165) is 0 Å². The van der Waals surface area contributed by atoms with Crippen molar-refractivity contribution < 1.29 is 29.0 Å². The molecule has 0 atom stereocenters. The molecule has 0 radical (unpaired) electrons. The highest BCUT2D eigenvalue weighted by Gasteiger charge is 2.32. The molecule has 0 saturated carbocycles. The first-order chi connectivity index (χ1) is 14.2. The van der Waals surface area contributed by atoms with Crippen molar-refractivity contribution in [1.29, 1.82) is 0 Å². The molecule has 0 bridgehead atoms. The number of carbonyl (C=O) groups is 3. The Hall–Kier alpha value is -3.35. The van der Waals surface area contributed by atoms with Crippen LogP contribution in [0.4, 0.5) is 5.69 Å². The molecule has 2 rings (SSSR count). The van der Waals surface area contributed by atoms with E-state index in [4.69, 9.17) is 9.47 Å². The maximum atomic E-state index is 12.6. The number of carboxylic acid groups (broad SMARTS) is 1. The molecule has 0 aromatic heterocycles. The quantitative estimate of drug-likeness (QED) is 0.532. The Morgan fingerprint density at radius 3 is 1.97 bits per heavy atom. The third-order valence-electron chi connectivity index (χ3n) is 4.83. The summed E-state index contributed by atoms with van der Waals surface area (Å²) in [5.41, 5.74) is 3.42. The zero-order valence-corrected chi connectivity index (χ0v) is 17.9. The van der Waals surface area contributed by atoms with Gasteiger partial charge in [-0.25, -0.2) is 14.4 Å². The van der Waals surface area contributed by atoms with E-state index in [0.29, 0.717) is 33.8 Å². The molecule has 0 spiro atoms. The molecular weight excluding hydrogens is 386 g/mol. The van der Waals surface area contributed by atoms with Crippen molar-refractivity contribution in [3.05, 3.63) is 57.9 Å². The highest BCUT2D eigenvalue weighted by atomic mass is 16.5. The number of esters is 2. The second-order valence-electron chi connectivity index (χ2n) is 6.77. The van der Waals surface area contributed by atoms with Crippen LogP contribution in [0, 0.1) is 0 Å². The fourth-order valence-electron chi connectivity index (χ4n) is 3.30. The summed E-state index contributed by atoms with van der Waals surface area (Å²) in [6.45, 7) is 8.93. The molecule has 1 aromatic rings. The Morgan fingerprint density at radius 2 is 1.50 bits per heavy atom. The molecular formula is C23H27NO6. The number of hydrogen-bond acceptors (Lipinski definition) is 6. The Balaban J connectivity index is 2.71. The first kappa shape index (κ1) is 22.9. The van der Waals surface area contributed by atoms with Crippen molar-refractivity contribution in [2.24, 2.45) is 0 Å². The van der Waals surface area contributed by atoms with Crippen LogP contribution >= 0.6 is 0 Å². The van der Waals surface area contributed by atoms with Gasteiger partial charge in [0, 0.05) is 23.4 Å². The summed E-state index contributed by atoms with van der Waals surface area (Å²) >= 11 is 0. The number of carbonyl (C=O) groups excluding carboxylic acids is 2. The Kier molecular flexibility index (Phi) is 7.58. The van der Waals surface area contributed by atoms with Gasteiger partial charge in [-0.1, -0.05) is 18.2 Å². The third kappa shape index (κ3) is 4.79. The Morgan fingerprint density at radius 1 is 1.00 bits per heavy atom. The van der Waals surface area contributed by atoms with E-state index < -0.39 is 17.9 Å². The lowest BCUT2D eigenvalue weighted by molar-refractivity contribution is -0.139. The van der Waals surface area contributed by atoms with E-state index in [1.807, 2.05) is 12.1 Å². The molecule has 1 aliphatic rings. The number of nitrogens with zero attached hydrogens (tertiary/aromatic N) is 1. The maximum Gasteiger partial charge on any atom is 0.336 e. The molecule has 1 heterocycles. The van der Waals surface area contributed by atoms with Gasteiger partial charge in [0.2, 0.25) is 0 Å². The number of hydrogen-bond donors (Lipinski definition) is 1. The molecule has 0 fully saturated rings. The van der Waals surface area contributed by atoms with Crippen LogP contribution in [-0.4, -0.2) is 36.2 Å². The van der Waals surface area contributed by atoms with Gasteiger partial charge in [0.1, 0.15) is 0 Å². The molecule has 1 aromatic carbocycles. The van der Waals surface area contributed by atoms with Crippen molar-refractivity contribution in [2.75, 3.05) is 18.1 Å². The van der Waals surface area contributed by atoms with Gasteiger partial charge in [0.25, 0.3) is 0 Å². The van der Waals surface area contributed by atoms with Crippen LogP contribution < -0.4 is 4.90 Å². The Labute approximate surface area is 176 Å². The van der Waals surface area contributed by atoms with Crippen LogP contribution in [0.15, 0.2) is 52.4 Å². The molecule has 160 valence electrons. The van der Waals surface area contributed by atoms with Gasteiger partial charge in [-0.15, -0.1) is 0 Å². The highest BCUT2D eigenvalue weighted by Crippen LogP contribution is 2.38. The number of benzene rings is 1. The zero-order valence-electron chi connectivity index (χ0n) is 17.9. The molecule has 1 N–H and O–H groups in total. The number of aliphatic carboxylic acids is 1. The van der Waals surface area contributed by atoms with Gasteiger partial charge < -0.3 is 19.5 Å². The first-order valence-electron chi connectivity index (χ1n) is 9.77. The van der Waals surface area contributed by atoms with Crippen LogP contribution in [0.1, 0.15) is 46.6 Å². The van der Waals surface area contributed by atoms with Crippen LogP contribution in [0.2, 0.25) is 0 Å². The topological polar surface area (TPSA) is 93.1 Å². The van der Waals surface area contributed by atoms with Crippen LogP contribution in [0.5, 0.6) is 0 Å². The van der Waals surface area contributed by atoms with E-state index in [2.05, 4.69) is 0 Å². The lowest BCUT2D eigenvalue weighted by Crippen LogP contribution is -2.31. The molecule has 7 heteroatoms. The van der Waals surface area contributed by atoms with Gasteiger partial charge >= 0.3 is 17.9 Å². The summed E-state index contributed by atoms with van der Waals surface area (Å²) < 4.78 is 10.4. The van der Waals surface area contributed by atoms with E-state index in [9.17, 15) is 19.5 Å². The first-order valence-corrected chi connectivity index (χ1v) is 9.77. The Bertz CT molecular complexity index is 914. The summed E-state index contributed by atoms with van der Waals surface area (Å²) in [6.07, 6.45) is 1.67. The van der Waals surface area contributed by atoms with E-state index in [-0.39, 0.29) is 25.2 Å². The molecule has 0 aliphatic carbocycles. The molecule has 30 heavy (non-hydrogen) atoms. The number of rotatable bonds is 7. The smallest absolute Gasteiger partial charge is 0.336 e. The molecule has 0 amide bonds. The largest absolute Gasteiger partial charge is 0.478 e. The minimum Gasteiger partial charge on any atom is -0.478 e. The summed E-state index contributed by atoms with van der Waals surface area (Å²) in [4.78, 5) is 38.3. The molecule has 7 nitrogen and oxygen atoms in total. The lowest BCUT2D eigenvalue weighted by atomic mass is 9.95. The maximum absolute atomic E-state index is 12.6. The number of anilines is 1. The number of allylic oxidation sites excluding steroid dienone is 2. The van der Waals surface area contributed by atoms with E-state index in [1.165, 1.54) is 6.92 Å².